The number of hydrogen-bond donors (Lipinski definition) is 2. The van der Waals surface area contributed by atoms with Crippen molar-refractivity contribution in [3.63, 3.8) is 0 Å². The van der Waals surface area contributed by atoms with Gasteiger partial charge in [0, 0.05) is 18.8 Å². The molecule has 0 aliphatic carbocycles. The van der Waals surface area contributed by atoms with Gasteiger partial charge in [-0.2, -0.15) is 0 Å². The Bertz CT molecular complexity index is 678. The number of anilines is 1. The lowest BCUT2D eigenvalue weighted by Gasteiger charge is -2.18. The van der Waals surface area contributed by atoms with Gasteiger partial charge in [0.05, 0.1) is 11.6 Å². The van der Waals surface area contributed by atoms with Crippen molar-refractivity contribution in [2.45, 2.75) is 12.5 Å². The Labute approximate surface area is 117 Å². The number of rotatable bonds is 5. The van der Waals surface area contributed by atoms with Crippen LogP contribution in [0.2, 0.25) is 0 Å². The lowest BCUT2D eigenvalue weighted by Crippen LogP contribution is -2.31. The number of pyridine rings is 1. The predicted octanol–water partition coefficient (Wildman–Crippen LogP) is 2.81. The number of hydrogen-bond acceptors (Lipinski definition) is 4. The van der Waals surface area contributed by atoms with E-state index < -0.39 is 0 Å². The van der Waals surface area contributed by atoms with E-state index in [-0.39, 0.29) is 6.04 Å². The fraction of sp³-hybridized carbons (Fsp3) is 0.188. The van der Waals surface area contributed by atoms with Crippen LogP contribution in [0.15, 0.2) is 59.3 Å². The fourth-order valence-corrected chi connectivity index (χ4v) is 2.29. The van der Waals surface area contributed by atoms with Crippen LogP contribution in [0.1, 0.15) is 5.56 Å². The zero-order valence-electron chi connectivity index (χ0n) is 11.1. The number of nitrogens with zero attached hydrogens (tertiary/aromatic N) is 1. The Balaban J connectivity index is 1.79. The van der Waals surface area contributed by atoms with E-state index in [0.29, 0.717) is 6.54 Å². The molecule has 102 valence electrons. The average molecular weight is 267 g/mol. The van der Waals surface area contributed by atoms with Crippen LogP contribution >= 0.6 is 0 Å². The highest BCUT2D eigenvalue weighted by Crippen LogP contribution is 2.22. The molecule has 1 atom stereocenters. The molecule has 1 aromatic carbocycles. The van der Waals surface area contributed by atoms with Gasteiger partial charge in [0.2, 0.25) is 0 Å². The topological polar surface area (TPSA) is 64.1 Å². The summed E-state index contributed by atoms with van der Waals surface area (Å²) in [6, 6.07) is 14.2. The predicted molar refractivity (Wildman–Crippen MR) is 80.6 cm³/mol. The minimum atomic E-state index is 0.144. The number of nitrogens with one attached hydrogen (secondary N) is 1. The molecule has 3 aromatic rings. The molecule has 4 heteroatoms. The van der Waals surface area contributed by atoms with Crippen molar-refractivity contribution in [1.29, 1.82) is 0 Å². The van der Waals surface area contributed by atoms with Gasteiger partial charge in [-0.05, 0) is 24.1 Å². The Kier molecular flexibility index (Phi) is 3.65. The molecule has 0 saturated heterocycles. The summed E-state index contributed by atoms with van der Waals surface area (Å²) in [5.41, 5.74) is 7.96. The number of nitrogens with two attached hydrogens (primary N) is 1. The van der Waals surface area contributed by atoms with Gasteiger partial charge in [-0.15, -0.1) is 0 Å². The molecule has 0 radical (unpaired) electrons. The molecule has 20 heavy (non-hydrogen) atoms. The second kappa shape index (κ2) is 5.75. The molecular weight excluding hydrogens is 250 g/mol. The van der Waals surface area contributed by atoms with Crippen LogP contribution in [0.4, 0.5) is 5.82 Å². The van der Waals surface area contributed by atoms with E-state index in [4.69, 9.17) is 10.2 Å². The SMILES string of the molecule is NCC(Cc1ccccc1)Nc1nccc2occc12. The van der Waals surface area contributed by atoms with Crippen molar-refractivity contribution < 1.29 is 4.42 Å². The molecule has 0 aliphatic rings. The summed E-state index contributed by atoms with van der Waals surface area (Å²) in [5.74, 6) is 0.822. The molecule has 0 bridgehead atoms. The first-order chi connectivity index (χ1) is 9.86. The van der Waals surface area contributed by atoms with Crippen LogP contribution in [-0.2, 0) is 6.42 Å². The summed E-state index contributed by atoms with van der Waals surface area (Å²) in [6.07, 6.45) is 4.28. The number of aromatic nitrogens is 1. The first-order valence-corrected chi connectivity index (χ1v) is 6.69. The number of benzene rings is 1. The molecule has 2 heterocycles. The van der Waals surface area contributed by atoms with Crippen molar-refractivity contribution in [2.75, 3.05) is 11.9 Å². The highest BCUT2D eigenvalue weighted by molar-refractivity contribution is 5.87. The van der Waals surface area contributed by atoms with E-state index in [2.05, 4.69) is 22.4 Å². The van der Waals surface area contributed by atoms with Crippen LogP contribution < -0.4 is 11.1 Å². The maximum atomic E-state index is 5.87. The molecule has 3 rings (SSSR count). The molecule has 0 aliphatic heterocycles. The van der Waals surface area contributed by atoms with Crippen molar-refractivity contribution in [2.24, 2.45) is 5.73 Å². The average Bonchev–Trinajstić information content (AvgIpc) is 2.97. The lowest BCUT2D eigenvalue weighted by atomic mass is 10.1. The van der Waals surface area contributed by atoms with Crippen LogP contribution in [0.25, 0.3) is 11.0 Å². The molecular formula is C16H17N3O. The molecule has 2 aromatic heterocycles. The maximum absolute atomic E-state index is 5.87. The summed E-state index contributed by atoms with van der Waals surface area (Å²) in [6.45, 7) is 0.546. The third-order valence-corrected chi connectivity index (χ3v) is 3.33. The molecule has 4 nitrogen and oxygen atoms in total. The largest absolute Gasteiger partial charge is 0.464 e. The van der Waals surface area contributed by atoms with Gasteiger partial charge in [0.15, 0.2) is 0 Å². The molecule has 0 spiro atoms. The van der Waals surface area contributed by atoms with E-state index in [1.807, 2.05) is 30.3 Å². The Morgan fingerprint density at radius 2 is 2.00 bits per heavy atom. The zero-order chi connectivity index (χ0) is 13.8. The second-order valence-corrected chi connectivity index (χ2v) is 4.76. The molecule has 0 fully saturated rings. The van der Waals surface area contributed by atoms with Crippen molar-refractivity contribution >= 4 is 16.8 Å². The van der Waals surface area contributed by atoms with Gasteiger partial charge < -0.3 is 15.5 Å². The summed E-state index contributed by atoms with van der Waals surface area (Å²) < 4.78 is 5.38. The molecule has 1 unspecified atom stereocenters. The second-order valence-electron chi connectivity index (χ2n) is 4.76. The normalized spacial score (nSPS) is 12.4. The first-order valence-electron chi connectivity index (χ1n) is 6.69. The van der Waals surface area contributed by atoms with Gasteiger partial charge in [-0.3, -0.25) is 0 Å². The summed E-state index contributed by atoms with van der Waals surface area (Å²) in [7, 11) is 0. The quantitative estimate of drug-likeness (QED) is 0.746. The Morgan fingerprint density at radius 1 is 1.15 bits per heavy atom. The monoisotopic (exact) mass is 267 g/mol. The van der Waals surface area contributed by atoms with Crippen LogP contribution in [-0.4, -0.2) is 17.6 Å². The molecule has 3 N–H and O–H groups in total. The Morgan fingerprint density at radius 3 is 2.80 bits per heavy atom. The van der Waals surface area contributed by atoms with Gasteiger partial charge in [0.25, 0.3) is 0 Å². The van der Waals surface area contributed by atoms with Crippen molar-refractivity contribution in [3.05, 3.63) is 60.5 Å². The third-order valence-electron chi connectivity index (χ3n) is 3.33. The van der Waals surface area contributed by atoms with Crippen molar-refractivity contribution in [1.82, 2.24) is 4.98 Å². The van der Waals surface area contributed by atoms with Crippen molar-refractivity contribution in [3.8, 4) is 0 Å². The van der Waals surface area contributed by atoms with E-state index >= 15 is 0 Å². The first kappa shape index (κ1) is 12.7. The van der Waals surface area contributed by atoms with E-state index in [1.54, 1.807) is 12.5 Å². The fourth-order valence-electron chi connectivity index (χ4n) is 2.29. The van der Waals surface area contributed by atoms with Crippen LogP contribution in [0, 0.1) is 0 Å². The highest BCUT2D eigenvalue weighted by Gasteiger charge is 2.11. The standard InChI is InChI=1S/C16H17N3O/c17-11-13(10-12-4-2-1-3-5-12)19-16-14-7-9-20-15(14)6-8-18-16/h1-9,13H,10-11,17H2,(H,18,19). The van der Waals surface area contributed by atoms with E-state index in [1.165, 1.54) is 5.56 Å². The van der Waals surface area contributed by atoms with Gasteiger partial charge >= 0.3 is 0 Å². The zero-order valence-corrected chi connectivity index (χ0v) is 11.1. The maximum Gasteiger partial charge on any atom is 0.139 e. The Hall–Kier alpha value is -2.33. The van der Waals surface area contributed by atoms with E-state index in [0.717, 1.165) is 23.2 Å². The summed E-state index contributed by atoms with van der Waals surface area (Å²) in [4.78, 5) is 4.38. The summed E-state index contributed by atoms with van der Waals surface area (Å²) in [5, 5.41) is 4.40. The van der Waals surface area contributed by atoms with Gasteiger partial charge in [-0.1, -0.05) is 30.3 Å². The van der Waals surface area contributed by atoms with E-state index in [9.17, 15) is 0 Å². The summed E-state index contributed by atoms with van der Waals surface area (Å²) >= 11 is 0. The molecule has 0 amide bonds. The smallest absolute Gasteiger partial charge is 0.139 e. The molecule has 0 saturated carbocycles. The number of furan rings is 1. The van der Waals surface area contributed by atoms with Gasteiger partial charge in [0.1, 0.15) is 11.4 Å². The van der Waals surface area contributed by atoms with Crippen LogP contribution in [0.5, 0.6) is 0 Å². The lowest BCUT2D eigenvalue weighted by molar-refractivity contribution is 0.615. The minimum Gasteiger partial charge on any atom is -0.464 e. The highest BCUT2D eigenvalue weighted by atomic mass is 16.3. The van der Waals surface area contributed by atoms with Gasteiger partial charge in [-0.25, -0.2) is 4.98 Å². The minimum absolute atomic E-state index is 0.144. The number of fused-ring (bicyclic) bond motifs is 1. The van der Waals surface area contributed by atoms with Crippen LogP contribution in [0.3, 0.4) is 0 Å². The third kappa shape index (κ3) is 2.65.